The molecule has 0 amide bonds. The molecule has 0 saturated heterocycles. The van der Waals surface area contributed by atoms with E-state index in [0.717, 1.165) is 0 Å². The van der Waals surface area contributed by atoms with Gasteiger partial charge < -0.3 is 19.3 Å². The highest BCUT2D eigenvalue weighted by molar-refractivity contribution is 6.45. The largest absolute Gasteiger partial charge is 0.469 e. The molecule has 1 N–H and O–H groups in total. The van der Waals surface area contributed by atoms with Crippen molar-refractivity contribution < 1.29 is 28.9 Å². The van der Waals surface area contributed by atoms with E-state index in [-0.39, 0.29) is 12.8 Å². The van der Waals surface area contributed by atoms with E-state index >= 15 is 0 Å². The zero-order valence-corrected chi connectivity index (χ0v) is 14.0. The Bertz CT molecular complexity index is 533. The monoisotopic (exact) mass is 352 g/mol. The van der Waals surface area contributed by atoms with Crippen molar-refractivity contribution >= 4 is 35.0 Å². The van der Waals surface area contributed by atoms with Crippen LogP contribution < -0.4 is 0 Å². The Kier molecular flexibility index (Phi) is 4.16. The molecule has 0 heterocycles. The summed E-state index contributed by atoms with van der Waals surface area (Å²) < 4.78 is 15.4. The number of ether oxygens (including phenoxy) is 3. The zero-order chi connectivity index (χ0) is 17.0. The van der Waals surface area contributed by atoms with Crippen LogP contribution in [0.1, 0.15) is 12.8 Å². The Morgan fingerprint density at radius 1 is 1.41 bits per heavy atom. The number of hydrogen-bond acceptors (Lipinski definition) is 6. The fourth-order valence-electron chi connectivity index (χ4n) is 3.86. The van der Waals surface area contributed by atoms with E-state index in [2.05, 4.69) is 6.58 Å². The molecule has 2 fully saturated rings. The van der Waals surface area contributed by atoms with Crippen molar-refractivity contribution in [2.24, 2.45) is 5.92 Å². The lowest BCUT2D eigenvalue weighted by Gasteiger charge is -2.41. The molecule has 2 aliphatic carbocycles. The zero-order valence-electron chi connectivity index (χ0n) is 12.5. The highest BCUT2D eigenvalue weighted by Crippen LogP contribution is 2.70. The van der Waals surface area contributed by atoms with Crippen LogP contribution in [0.4, 0.5) is 0 Å². The molecule has 2 saturated carbocycles. The second kappa shape index (κ2) is 5.18. The predicted octanol–water partition coefficient (Wildman–Crippen LogP) is 1.01. The number of fused-ring (bicyclic) bond motifs is 2. The summed E-state index contributed by atoms with van der Waals surface area (Å²) >= 11 is 13.2. The third-order valence-electron chi connectivity index (χ3n) is 4.83. The lowest BCUT2D eigenvalue weighted by atomic mass is 9.75. The summed E-state index contributed by atoms with van der Waals surface area (Å²) in [5, 5.41) is 10.9. The number of carbonyl (C=O) groups is 2. The molecule has 22 heavy (non-hydrogen) atoms. The molecule has 2 aliphatic rings. The molecule has 0 aromatic rings. The summed E-state index contributed by atoms with van der Waals surface area (Å²) in [6, 6.07) is 0. The number of rotatable bonds is 5. The van der Waals surface area contributed by atoms with Crippen LogP contribution in [0, 0.1) is 5.92 Å². The first-order valence-electron chi connectivity index (χ1n) is 6.61. The van der Waals surface area contributed by atoms with E-state index in [0.29, 0.717) is 0 Å². The van der Waals surface area contributed by atoms with Crippen LogP contribution in [0.5, 0.6) is 0 Å². The van der Waals surface area contributed by atoms with Crippen LogP contribution in [0.2, 0.25) is 0 Å². The van der Waals surface area contributed by atoms with Crippen molar-refractivity contribution in [3.8, 4) is 0 Å². The van der Waals surface area contributed by atoms with Gasteiger partial charge in [0.25, 0.3) is 0 Å². The minimum Gasteiger partial charge on any atom is -0.469 e. The van der Waals surface area contributed by atoms with E-state index in [1.165, 1.54) is 27.4 Å². The van der Waals surface area contributed by atoms with E-state index in [4.69, 9.17) is 37.4 Å². The van der Waals surface area contributed by atoms with Gasteiger partial charge in [0.2, 0.25) is 5.79 Å². The predicted molar refractivity (Wildman–Crippen MR) is 78.8 cm³/mol. The highest BCUT2D eigenvalue weighted by atomic mass is 35.5. The van der Waals surface area contributed by atoms with Crippen molar-refractivity contribution in [3.63, 3.8) is 0 Å². The minimum absolute atomic E-state index is 0.136. The van der Waals surface area contributed by atoms with Gasteiger partial charge in [0.1, 0.15) is 4.87 Å². The van der Waals surface area contributed by atoms with E-state index in [1.54, 1.807) is 0 Å². The first-order valence-corrected chi connectivity index (χ1v) is 7.36. The van der Waals surface area contributed by atoms with Crippen LogP contribution in [0.3, 0.4) is 0 Å². The number of esters is 1. The van der Waals surface area contributed by atoms with Gasteiger partial charge in [0.05, 0.1) is 13.0 Å². The van der Waals surface area contributed by atoms with Crippen LogP contribution in [-0.4, -0.2) is 59.3 Å². The van der Waals surface area contributed by atoms with Crippen LogP contribution >= 0.6 is 23.2 Å². The number of carbonyl (C=O) groups excluding carboxylic acids is 2. The van der Waals surface area contributed by atoms with Gasteiger partial charge in [-0.15, -0.1) is 29.8 Å². The fourth-order valence-corrected chi connectivity index (χ4v) is 5.17. The maximum absolute atomic E-state index is 12.9. The number of alkyl halides is 2. The van der Waals surface area contributed by atoms with Crippen molar-refractivity contribution in [1.82, 2.24) is 0 Å². The molecular formula is C14H18Cl2O6. The Hall–Kier alpha value is -0.660. The summed E-state index contributed by atoms with van der Waals surface area (Å²) in [6.07, 6.45) is 1.07. The van der Waals surface area contributed by atoms with Crippen LogP contribution in [0.15, 0.2) is 12.7 Å². The molecule has 0 spiro atoms. The standard InChI is InChI=1S/C14H18Cl2O6/c1-5-6-11(19)10(18)13(16)8(9(17)20-2)7-12(11,15)14(13,21-3)22-4/h5,8,19H,1,6-7H2,2-4H3/t8-,11-,12-,13+/m0/s1. The molecule has 124 valence electrons. The lowest BCUT2D eigenvalue weighted by Crippen LogP contribution is -2.60. The van der Waals surface area contributed by atoms with Gasteiger partial charge in [-0.2, -0.15) is 0 Å². The Morgan fingerprint density at radius 3 is 2.36 bits per heavy atom. The molecule has 4 atom stereocenters. The molecule has 0 aromatic carbocycles. The molecule has 2 bridgehead atoms. The second-order valence-corrected chi connectivity index (χ2v) is 6.74. The number of hydrogen-bond donors (Lipinski definition) is 1. The highest BCUT2D eigenvalue weighted by Gasteiger charge is 2.91. The second-order valence-electron chi connectivity index (χ2n) is 5.50. The number of Topliss-reactive ketones (excluding diaryl/α,β-unsaturated/α-hetero) is 1. The third-order valence-corrected chi connectivity index (χ3v) is 6.23. The molecule has 8 heteroatoms. The summed E-state index contributed by atoms with van der Waals surface area (Å²) in [5.74, 6) is -4.53. The molecule has 0 radical (unpaired) electrons. The summed E-state index contributed by atoms with van der Waals surface area (Å²) in [7, 11) is 3.69. The maximum Gasteiger partial charge on any atom is 0.311 e. The van der Waals surface area contributed by atoms with Gasteiger partial charge in [0, 0.05) is 20.6 Å². The summed E-state index contributed by atoms with van der Waals surface area (Å²) in [4.78, 5) is 21.2. The van der Waals surface area contributed by atoms with Crippen molar-refractivity contribution in [1.29, 1.82) is 0 Å². The molecule has 0 aromatic heterocycles. The van der Waals surface area contributed by atoms with Crippen LogP contribution in [0.25, 0.3) is 0 Å². The number of methoxy groups -OCH3 is 3. The average molecular weight is 353 g/mol. The topological polar surface area (TPSA) is 82.1 Å². The van der Waals surface area contributed by atoms with Crippen molar-refractivity contribution in [3.05, 3.63) is 12.7 Å². The smallest absolute Gasteiger partial charge is 0.311 e. The Morgan fingerprint density at radius 2 is 1.95 bits per heavy atom. The average Bonchev–Trinajstić information content (AvgIpc) is 2.77. The first kappa shape index (κ1) is 17.7. The van der Waals surface area contributed by atoms with Crippen molar-refractivity contribution in [2.45, 2.75) is 34.0 Å². The molecule has 0 unspecified atom stereocenters. The number of aliphatic hydroxyl groups is 1. The van der Waals surface area contributed by atoms with Gasteiger partial charge >= 0.3 is 5.97 Å². The number of halogens is 2. The van der Waals surface area contributed by atoms with Gasteiger partial charge in [-0.1, -0.05) is 6.08 Å². The minimum atomic E-state index is -2.06. The summed E-state index contributed by atoms with van der Waals surface area (Å²) in [5.41, 5.74) is -2.06. The van der Waals surface area contributed by atoms with Crippen molar-refractivity contribution in [2.75, 3.05) is 21.3 Å². The molecule has 6 nitrogen and oxygen atoms in total. The van der Waals surface area contributed by atoms with Gasteiger partial charge in [0.15, 0.2) is 16.3 Å². The van der Waals surface area contributed by atoms with Gasteiger partial charge in [-0.3, -0.25) is 9.59 Å². The fraction of sp³-hybridized carbons (Fsp3) is 0.714. The normalized spacial score (nSPS) is 42.5. The van der Waals surface area contributed by atoms with E-state index in [1.807, 2.05) is 0 Å². The SMILES string of the molecule is C=CC[C@]1(O)C(=O)[C@]2(Cl)[C@H](C(=O)OC)C[C@@]1(Cl)C2(OC)OC. The maximum atomic E-state index is 12.9. The summed E-state index contributed by atoms with van der Waals surface area (Å²) in [6.45, 7) is 3.52. The Balaban J connectivity index is 2.74. The quantitative estimate of drug-likeness (QED) is 0.344. The third kappa shape index (κ3) is 1.52. The van der Waals surface area contributed by atoms with E-state index in [9.17, 15) is 14.7 Å². The van der Waals surface area contributed by atoms with Crippen LogP contribution in [-0.2, 0) is 23.8 Å². The van der Waals surface area contributed by atoms with Gasteiger partial charge in [-0.25, -0.2) is 0 Å². The Labute approximate surface area is 138 Å². The van der Waals surface area contributed by atoms with E-state index < -0.39 is 38.8 Å². The van der Waals surface area contributed by atoms with Gasteiger partial charge in [-0.05, 0) is 6.42 Å². The molecule has 2 rings (SSSR count). The number of ketones is 1. The molecule has 0 aliphatic heterocycles. The lowest BCUT2D eigenvalue weighted by molar-refractivity contribution is -0.232. The first-order chi connectivity index (χ1) is 10.2. The molecular weight excluding hydrogens is 335 g/mol.